The summed E-state index contributed by atoms with van der Waals surface area (Å²) in [6, 6.07) is 14.7. The first kappa shape index (κ1) is 17.3. The van der Waals surface area contributed by atoms with Crippen molar-refractivity contribution in [3.8, 4) is 5.88 Å². The van der Waals surface area contributed by atoms with Crippen molar-refractivity contribution in [2.45, 2.75) is 20.8 Å². The van der Waals surface area contributed by atoms with Crippen LogP contribution < -0.4 is 26.6 Å². The molecule has 21 heavy (non-hydrogen) atoms. The van der Waals surface area contributed by atoms with E-state index >= 15 is 0 Å². The minimum absolute atomic E-state index is 0. The van der Waals surface area contributed by atoms with Gasteiger partial charge in [0.25, 0.3) is 0 Å². The number of hydrogen-bond donors (Lipinski definition) is 0. The predicted octanol–water partition coefficient (Wildman–Crippen LogP) is 0.380. The zero-order valence-corrected chi connectivity index (χ0v) is 13.9. The molecule has 0 saturated heterocycles. The van der Waals surface area contributed by atoms with Crippen LogP contribution in [0.25, 0.3) is 0 Å². The fraction of sp³-hybridized carbons (Fsp3) is 0.353. The highest BCUT2D eigenvalue weighted by atomic mass is 35.5. The number of aromatic nitrogens is 1. The number of pyridine rings is 1. The van der Waals surface area contributed by atoms with E-state index in [0.29, 0.717) is 6.61 Å². The third kappa shape index (κ3) is 3.88. The van der Waals surface area contributed by atoms with E-state index in [4.69, 9.17) is 4.74 Å². The van der Waals surface area contributed by atoms with E-state index in [1.165, 1.54) is 11.4 Å². The number of benzene rings is 1. The van der Waals surface area contributed by atoms with Crippen molar-refractivity contribution < 1.29 is 21.7 Å². The Morgan fingerprint density at radius 1 is 1.05 bits per heavy atom. The Balaban J connectivity index is 0.00000220. The Morgan fingerprint density at radius 2 is 1.71 bits per heavy atom. The number of halogens is 1. The smallest absolute Gasteiger partial charge is 0.369 e. The second kappa shape index (κ2) is 7.89. The number of hydrogen-bond acceptors (Lipinski definition) is 2. The molecule has 3 nitrogen and oxygen atoms in total. The van der Waals surface area contributed by atoms with Crippen LogP contribution in [0.4, 0.5) is 11.4 Å². The summed E-state index contributed by atoms with van der Waals surface area (Å²) in [6.07, 6.45) is 0. The number of para-hydroxylation sites is 1. The highest BCUT2D eigenvalue weighted by molar-refractivity contribution is 5.63. The van der Waals surface area contributed by atoms with E-state index in [2.05, 4.69) is 59.7 Å². The number of nitrogens with zero attached hydrogens (tertiary/aromatic N) is 2. The summed E-state index contributed by atoms with van der Waals surface area (Å²) in [7, 11) is 2.03. The minimum atomic E-state index is 0. The van der Waals surface area contributed by atoms with Crippen molar-refractivity contribution in [2.24, 2.45) is 7.05 Å². The van der Waals surface area contributed by atoms with Gasteiger partial charge in [0.05, 0.1) is 18.4 Å². The van der Waals surface area contributed by atoms with Gasteiger partial charge in [-0.25, -0.2) is 0 Å². The lowest BCUT2D eigenvalue weighted by Crippen LogP contribution is -3.00. The maximum atomic E-state index is 5.72. The van der Waals surface area contributed by atoms with Gasteiger partial charge in [0.15, 0.2) is 5.69 Å². The molecule has 114 valence electrons. The van der Waals surface area contributed by atoms with Crippen LogP contribution in [0.5, 0.6) is 5.88 Å². The van der Waals surface area contributed by atoms with Crippen LogP contribution in [-0.4, -0.2) is 13.2 Å². The lowest BCUT2D eigenvalue weighted by atomic mass is 10.2. The van der Waals surface area contributed by atoms with Crippen molar-refractivity contribution in [1.29, 1.82) is 0 Å². The Bertz CT molecular complexity index is 573. The quantitative estimate of drug-likeness (QED) is 0.743. The van der Waals surface area contributed by atoms with Crippen molar-refractivity contribution in [2.75, 3.05) is 18.1 Å². The summed E-state index contributed by atoms with van der Waals surface area (Å²) in [5.41, 5.74) is 3.55. The Labute approximate surface area is 133 Å². The molecule has 0 saturated carbocycles. The molecule has 0 aliphatic heterocycles. The molecule has 0 aliphatic rings. The molecule has 1 heterocycles. The lowest BCUT2D eigenvalue weighted by Gasteiger charge is -2.23. The summed E-state index contributed by atoms with van der Waals surface area (Å²) in [4.78, 5) is 2.29. The minimum Gasteiger partial charge on any atom is -1.00 e. The highest BCUT2D eigenvalue weighted by Gasteiger charge is 2.17. The lowest BCUT2D eigenvalue weighted by molar-refractivity contribution is -0.683. The van der Waals surface area contributed by atoms with Gasteiger partial charge in [-0.15, -0.1) is 0 Å². The van der Waals surface area contributed by atoms with Crippen molar-refractivity contribution in [3.05, 3.63) is 48.2 Å². The second-order valence-corrected chi connectivity index (χ2v) is 4.76. The van der Waals surface area contributed by atoms with Crippen molar-refractivity contribution in [1.82, 2.24) is 0 Å². The number of rotatable bonds is 5. The number of anilines is 2. The van der Waals surface area contributed by atoms with Crippen molar-refractivity contribution >= 4 is 11.4 Å². The van der Waals surface area contributed by atoms with E-state index in [-0.39, 0.29) is 12.4 Å². The van der Waals surface area contributed by atoms with Gasteiger partial charge in [0.1, 0.15) is 7.05 Å². The van der Waals surface area contributed by atoms with Crippen molar-refractivity contribution in [3.63, 3.8) is 0 Å². The first-order valence-corrected chi connectivity index (χ1v) is 7.13. The molecule has 0 amide bonds. The zero-order chi connectivity index (χ0) is 14.5. The fourth-order valence-electron chi connectivity index (χ4n) is 2.31. The van der Waals surface area contributed by atoms with Gasteiger partial charge < -0.3 is 22.0 Å². The van der Waals surface area contributed by atoms with Crippen LogP contribution in [0.15, 0.2) is 42.5 Å². The Kier molecular flexibility index (Phi) is 6.50. The summed E-state index contributed by atoms with van der Waals surface area (Å²) in [5, 5.41) is 0. The van der Waals surface area contributed by atoms with Crippen LogP contribution in [0.3, 0.4) is 0 Å². The molecule has 0 fully saturated rings. The van der Waals surface area contributed by atoms with Gasteiger partial charge in [0.2, 0.25) is 0 Å². The van der Waals surface area contributed by atoms with Crippen LogP contribution in [-0.2, 0) is 7.05 Å². The first-order chi connectivity index (χ1) is 9.67. The normalized spacial score (nSPS) is 9.90. The first-order valence-electron chi connectivity index (χ1n) is 7.13. The van der Waals surface area contributed by atoms with Gasteiger partial charge in [0, 0.05) is 25.2 Å². The molecule has 0 aliphatic carbocycles. The molecule has 0 atom stereocenters. The molecular weight excluding hydrogens is 284 g/mol. The molecule has 0 bridgehead atoms. The van der Waals surface area contributed by atoms with E-state index in [1.807, 2.05) is 20.0 Å². The summed E-state index contributed by atoms with van der Waals surface area (Å²) in [5.74, 6) is 0.900. The van der Waals surface area contributed by atoms with Gasteiger partial charge in [-0.05, 0) is 26.0 Å². The van der Waals surface area contributed by atoms with Gasteiger partial charge in [-0.2, -0.15) is 4.57 Å². The molecule has 0 unspecified atom stereocenters. The predicted molar refractivity (Wildman–Crippen MR) is 82.6 cm³/mol. The maximum absolute atomic E-state index is 5.72. The molecule has 1 aromatic heterocycles. The van der Waals surface area contributed by atoms with Crippen LogP contribution in [0.1, 0.15) is 19.5 Å². The van der Waals surface area contributed by atoms with E-state index < -0.39 is 0 Å². The average Bonchev–Trinajstić information content (AvgIpc) is 2.46. The van der Waals surface area contributed by atoms with Gasteiger partial charge >= 0.3 is 5.88 Å². The number of aryl methyl sites for hydroxylation is 1. The van der Waals surface area contributed by atoms with Crippen LogP contribution in [0, 0.1) is 6.92 Å². The zero-order valence-electron chi connectivity index (χ0n) is 13.1. The summed E-state index contributed by atoms with van der Waals surface area (Å²) in [6.45, 7) is 7.87. The highest BCUT2D eigenvalue weighted by Crippen LogP contribution is 2.27. The third-order valence-corrected chi connectivity index (χ3v) is 3.48. The molecule has 4 heteroatoms. The van der Waals surface area contributed by atoms with E-state index in [1.54, 1.807) is 0 Å². The maximum Gasteiger partial charge on any atom is 0.369 e. The molecule has 0 N–H and O–H groups in total. The molecular formula is C17H23ClN2O. The average molecular weight is 307 g/mol. The van der Waals surface area contributed by atoms with Crippen LogP contribution in [0.2, 0.25) is 0 Å². The SMILES string of the molecule is CCOc1cc(N(CC)c2ccccc2)cc(C)[n+]1C.[Cl-]. The molecule has 1 aromatic carbocycles. The third-order valence-electron chi connectivity index (χ3n) is 3.48. The van der Waals surface area contributed by atoms with Gasteiger partial charge in [-0.1, -0.05) is 18.2 Å². The monoisotopic (exact) mass is 306 g/mol. The Morgan fingerprint density at radius 3 is 2.29 bits per heavy atom. The topological polar surface area (TPSA) is 16.4 Å². The molecule has 2 rings (SSSR count). The summed E-state index contributed by atoms with van der Waals surface area (Å²) >= 11 is 0. The standard InChI is InChI=1S/C17H23N2O.ClH/c1-5-19(15-10-8-7-9-11-15)16-12-14(3)18(4)17(13-16)20-6-2;/h7-13H,5-6H2,1-4H3;1H/q+1;/p-1. The molecule has 2 aromatic rings. The molecule has 0 spiro atoms. The fourth-order valence-corrected chi connectivity index (χ4v) is 2.31. The largest absolute Gasteiger partial charge is 1.00 e. The van der Waals surface area contributed by atoms with E-state index in [0.717, 1.165) is 18.1 Å². The summed E-state index contributed by atoms with van der Waals surface area (Å²) < 4.78 is 7.80. The number of ether oxygens (including phenoxy) is 1. The molecule has 0 radical (unpaired) electrons. The van der Waals surface area contributed by atoms with Gasteiger partial charge in [-0.3, -0.25) is 0 Å². The Hall–Kier alpha value is -1.74. The van der Waals surface area contributed by atoms with E-state index in [9.17, 15) is 0 Å². The second-order valence-electron chi connectivity index (χ2n) is 4.76. The van der Waals surface area contributed by atoms with Crippen LogP contribution >= 0.6 is 0 Å².